The number of nitrogens with one attached hydrogen (secondary N) is 1. The van der Waals surface area contributed by atoms with Crippen LogP contribution in [-0.2, 0) is 16.2 Å². The quantitative estimate of drug-likeness (QED) is 0.715. The predicted molar refractivity (Wildman–Crippen MR) is 116 cm³/mol. The number of thioether (sulfide) groups is 1. The van der Waals surface area contributed by atoms with E-state index in [1.54, 1.807) is 7.11 Å². The number of carbonyl (C=O) groups is 1. The predicted octanol–water partition coefficient (Wildman–Crippen LogP) is 4.09. The molecular formula is C23H19N3O2S. The van der Waals surface area contributed by atoms with Crippen molar-refractivity contribution in [3.05, 3.63) is 95.6 Å². The van der Waals surface area contributed by atoms with Crippen LogP contribution in [0.15, 0.2) is 84.0 Å². The Morgan fingerprint density at radius 3 is 2.48 bits per heavy atom. The molecule has 0 fully saturated rings. The lowest BCUT2D eigenvalue weighted by atomic mass is 10.1. The standard InChI is InChI=1S/C23H19N3O2S/c1-28-18-13-11-16(12-14-18)15-26-20-10-6-5-9-19(20)23(22(26)27)25-24-21(29-23)17-7-3-2-4-8-17/h2-14,25H,15H2,1H3/t23-/m0/s1. The topological polar surface area (TPSA) is 53.9 Å². The summed E-state index contributed by atoms with van der Waals surface area (Å²) in [6.07, 6.45) is 0. The van der Waals surface area contributed by atoms with E-state index < -0.39 is 4.87 Å². The van der Waals surface area contributed by atoms with Crippen molar-refractivity contribution < 1.29 is 9.53 Å². The SMILES string of the molecule is COc1ccc(CN2C(=O)[C@]3(NN=C(c4ccccc4)S3)c3ccccc32)cc1. The van der Waals surface area contributed by atoms with Crippen LogP contribution in [0.1, 0.15) is 16.7 Å². The van der Waals surface area contributed by atoms with Crippen LogP contribution in [0.25, 0.3) is 0 Å². The zero-order valence-electron chi connectivity index (χ0n) is 15.8. The van der Waals surface area contributed by atoms with Gasteiger partial charge in [0.25, 0.3) is 5.91 Å². The number of fused-ring (bicyclic) bond motifs is 2. The molecule has 29 heavy (non-hydrogen) atoms. The Morgan fingerprint density at radius 1 is 1.00 bits per heavy atom. The highest BCUT2D eigenvalue weighted by Gasteiger charge is 2.55. The summed E-state index contributed by atoms with van der Waals surface area (Å²) < 4.78 is 5.24. The van der Waals surface area contributed by atoms with Crippen molar-refractivity contribution >= 4 is 28.4 Å². The van der Waals surface area contributed by atoms with E-state index in [9.17, 15) is 4.79 Å². The van der Waals surface area contributed by atoms with Gasteiger partial charge < -0.3 is 9.64 Å². The van der Waals surface area contributed by atoms with Gasteiger partial charge in [-0.15, -0.1) is 0 Å². The molecule has 1 amide bonds. The number of nitrogens with zero attached hydrogens (tertiary/aromatic N) is 2. The van der Waals surface area contributed by atoms with Gasteiger partial charge >= 0.3 is 0 Å². The number of benzene rings is 3. The highest BCUT2D eigenvalue weighted by molar-refractivity contribution is 8.16. The van der Waals surface area contributed by atoms with E-state index in [-0.39, 0.29) is 5.91 Å². The van der Waals surface area contributed by atoms with E-state index in [1.807, 2.05) is 83.8 Å². The summed E-state index contributed by atoms with van der Waals surface area (Å²) in [5, 5.41) is 5.34. The van der Waals surface area contributed by atoms with Crippen LogP contribution in [0.3, 0.4) is 0 Å². The number of hydrazone groups is 1. The molecule has 3 aromatic carbocycles. The molecule has 144 valence electrons. The molecule has 0 aliphatic carbocycles. The van der Waals surface area contributed by atoms with Gasteiger partial charge in [0.2, 0.25) is 4.87 Å². The van der Waals surface area contributed by atoms with Crippen molar-refractivity contribution in [2.24, 2.45) is 5.10 Å². The van der Waals surface area contributed by atoms with E-state index in [0.717, 1.165) is 33.2 Å². The van der Waals surface area contributed by atoms with Crippen LogP contribution in [0, 0.1) is 0 Å². The van der Waals surface area contributed by atoms with Crippen LogP contribution in [0.5, 0.6) is 5.75 Å². The molecule has 2 heterocycles. The molecule has 5 nitrogen and oxygen atoms in total. The van der Waals surface area contributed by atoms with Crippen molar-refractivity contribution in [2.45, 2.75) is 11.4 Å². The summed E-state index contributed by atoms with van der Waals surface area (Å²) in [6.45, 7) is 0.491. The Bertz CT molecular complexity index is 1100. The third-order valence-electron chi connectivity index (χ3n) is 5.21. The second-order valence-electron chi connectivity index (χ2n) is 6.93. The number of anilines is 1. The van der Waals surface area contributed by atoms with Gasteiger partial charge in [-0.05, 0) is 23.8 Å². The van der Waals surface area contributed by atoms with E-state index in [4.69, 9.17) is 4.74 Å². The number of hydrogen-bond donors (Lipinski definition) is 1. The average molecular weight is 401 g/mol. The molecule has 0 saturated carbocycles. The second kappa shape index (κ2) is 6.97. The lowest BCUT2D eigenvalue weighted by Crippen LogP contribution is -2.44. The number of ether oxygens (including phenoxy) is 1. The van der Waals surface area contributed by atoms with E-state index in [0.29, 0.717) is 6.54 Å². The first-order chi connectivity index (χ1) is 14.2. The van der Waals surface area contributed by atoms with Gasteiger partial charge in [0, 0.05) is 11.1 Å². The fourth-order valence-corrected chi connectivity index (χ4v) is 4.93. The van der Waals surface area contributed by atoms with Gasteiger partial charge in [-0.1, -0.05) is 72.4 Å². The van der Waals surface area contributed by atoms with Gasteiger partial charge in [-0.2, -0.15) is 5.10 Å². The van der Waals surface area contributed by atoms with Gasteiger partial charge in [0.05, 0.1) is 19.3 Å². The molecule has 0 unspecified atom stereocenters. The van der Waals surface area contributed by atoms with Crippen molar-refractivity contribution in [3.63, 3.8) is 0 Å². The van der Waals surface area contributed by atoms with Crippen molar-refractivity contribution in [2.75, 3.05) is 12.0 Å². The lowest BCUT2D eigenvalue weighted by Gasteiger charge is -2.23. The zero-order valence-corrected chi connectivity index (χ0v) is 16.6. The monoisotopic (exact) mass is 401 g/mol. The third kappa shape index (κ3) is 2.87. The third-order valence-corrected chi connectivity index (χ3v) is 6.52. The Morgan fingerprint density at radius 2 is 1.72 bits per heavy atom. The molecular weight excluding hydrogens is 382 g/mol. The van der Waals surface area contributed by atoms with Crippen LogP contribution >= 0.6 is 11.8 Å². The minimum Gasteiger partial charge on any atom is -0.497 e. The fraction of sp³-hybridized carbons (Fsp3) is 0.130. The average Bonchev–Trinajstić information content (AvgIpc) is 3.33. The Labute approximate surface area is 173 Å². The highest BCUT2D eigenvalue weighted by Crippen LogP contribution is 2.50. The van der Waals surface area contributed by atoms with Gasteiger partial charge in [0.15, 0.2) is 0 Å². The smallest absolute Gasteiger partial charge is 0.270 e. The summed E-state index contributed by atoms with van der Waals surface area (Å²) in [7, 11) is 1.65. The zero-order chi connectivity index (χ0) is 19.8. The molecule has 1 N–H and O–H groups in total. The molecule has 6 heteroatoms. The molecule has 2 aliphatic heterocycles. The molecule has 0 radical (unpaired) electrons. The summed E-state index contributed by atoms with van der Waals surface area (Å²) in [5.41, 5.74) is 7.06. The molecule has 5 rings (SSSR count). The maximum Gasteiger partial charge on any atom is 0.270 e. The van der Waals surface area contributed by atoms with Crippen molar-refractivity contribution in [1.29, 1.82) is 0 Å². The van der Waals surface area contributed by atoms with E-state index >= 15 is 0 Å². The number of para-hydroxylation sites is 1. The van der Waals surface area contributed by atoms with Crippen LogP contribution in [0.4, 0.5) is 5.69 Å². The van der Waals surface area contributed by atoms with Crippen LogP contribution < -0.4 is 15.1 Å². The van der Waals surface area contributed by atoms with Crippen molar-refractivity contribution in [3.8, 4) is 5.75 Å². The summed E-state index contributed by atoms with van der Waals surface area (Å²) in [6, 6.07) is 25.7. The number of hydrogen-bond acceptors (Lipinski definition) is 5. The number of amides is 1. The normalized spacial score (nSPS) is 19.8. The van der Waals surface area contributed by atoms with Crippen LogP contribution in [-0.4, -0.2) is 18.1 Å². The first-order valence-corrected chi connectivity index (χ1v) is 10.2. The fourth-order valence-electron chi connectivity index (χ4n) is 3.72. The van der Waals surface area contributed by atoms with Crippen LogP contribution in [0.2, 0.25) is 0 Å². The van der Waals surface area contributed by atoms with Gasteiger partial charge in [-0.3, -0.25) is 10.2 Å². The number of rotatable bonds is 4. The number of methoxy groups -OCH3 is 1. The Kier molecular flexibility index (Phi) is 4.28. The molecule has 1 spiro atoms. The molecule has 1 atom stereocenters. The first-order valence-electron chi connectivity index (χ1n) is 9.35. The lowest BCUT2D eigenvalue weighted by molar-refractivity contribution is -0.121. The highest BCUT2D eigenvalue weighted by atomic mass is 32.2. The molecule has 0 bridgehead atoms. The Hall–Kier alpha value is -3.25. The molecule has 3 aromatic rings. The maximum absolute atomic E-state index is 13.6. The molecule has 0 saturated heterocycles. The van der Waals surface area contributed by atoms with Crippen molar-refractivity contribution in [1.82, 2.24) is 5.43 Å². The minimum absolute atomic E-state index is 0.00537. The largest absolute Gasteiger partial charge is 0.497 e. The second-order valence-corrected chi connectivity index (χ2v) is 8.14. The summed E-state index contributed by atoms with van der Waals surface area (Å²) in [4.78, 5) is 14.5. The number of carbonyl (C=O) groups excluding carboxylic acids is 1. The minimum atomic E-state index is -0.922. The maximum atomic E-state index is 13.6. The van der Waals surface area contributed by atoms with E-state index in [1.165, 1.54) is 11.8 Å². The van der Waals surface area contributed by atoms with E-state index in [2.05, 4.69) is 10.5 Å². The summed E-state index contributed by atoms with van der Waals surface area (Å²) >= 11 is 1.47. The first kappa shape index (κ1) is 17.8. The molecule has 2 aliphatic rings. The Balaban J connectivity index is 1.48. The van der Waals surface area contributed by atoms with Gasteiger partial charge in [-0.25, -0.2) is 0 Å². The summed E-state index contributed by atoms with van der Waals surface area (Å²) in [5.74, 6) is 0.793. The van der Waals surface area contributed by atoms with Gasteiger partial charge in [0.1, 0.15) is 10.8 Å². The molecule has 0 aromatic heterocycles.